The number of carbonyl (C=O) groups excluding carboxylic acids is 2. The lowest BCUT2D eigenvalue weighted by molar-refractivity contribution is -0.139. The van der Waals surface area contributed by atoms with E-state index in [1.807, 2.05) is 19.1 Å². The van der Waals surface area contributed by atoms with E-state index in [0.717, 1.165) is 42.6 Å². The van der Waals surface area contributed by atoms with Gasteiger partial charge in [-0.05, 0) is 43.9 Å². The van der Waals surface area contributed by atoms with Crippen LogP contribution in [-0.4, -0.2) is 23.3 Å². The molecule has 0 bridgehead atoms. The number of ketones is 1. The summed E-state index contributed by atoms with van der Waals surface area (Å²) in [5.74, 6) is -0.603. The number of esters is 1. The van der Waals surface area contributed by atoms with Crippen LogP contribution in [0.2, 0.25) is 0 Å². The third-order valence-corrected chi connectivity index (χ3v) is 4.77. The Kier molecular flexibility index (Phi) is 5.31. The number of nitrogens with one attached hydrogen (secondary N) is 1. The van der Waals surface area contributed by atoms with E-state index < -0.39 is 0 Å². The summed E-state index contributed by atoms with van der Waals surface area (Å²) in [7, 11) is 0. The second-order valence-electron chi connectivity index (χ2n) is 6.54. The van der Waals surface area contributed by atoms with E-state index in [4.69, 9.17) is 4.74 Å². The van der Waals surface area contributed by atoms with Crippen LogP contribution in [-0.2, 0) is 14.3 Å². The summed E-state index contributed by atoms with van der Waals surface area (Å²) in [4.78, 5) is 29.5. The number of Topliss-reactive ketones (excluding diaryl/α,β-unsaturated/α-hetero) is 1. The Morgan fingerprint density at radius 1 is 1.32 bits per heavy atom. The van der Waals surface area contributed by atoms with Gasteiger partial charge in [0.2, 0.25) is 0 Å². The smallest absolute Gasteiger partial charge is 0.336 e. The fraction of sp³-hybridized carbons (Fsp3) is 0.450. The van der Waals surface area contributed by atoms with E-state index >= 15 is 0 Å². The van der Waals surface area contributed by atoms with Gasteiger partial charge in [-0.1, -0.05) is 13.3 Å². The first-order valence-corrected chi connectivity index (χ1v) is 8.94. The van der Waals surface area contributed by atoms with Gasteiger partial charge in [0.05, 0.1) is 12.2 Å². The van der Waals surface area contributed by atoms with E-state index in [1.54, 1.807) is 12.4 Å². The Labute approximate surface area is 148 Å². The van der Waals surface area contributed by atoms with Crippen LogP contribution in [0.3, 0.4) is 0 Å². The molecule has 0 spiro atoms. The zero-order valence-electron chi connectivity index (χ0n) is 14.8. The number of pyridine rings is 1. The molecular weight excluding hydrogens is 316 g/mol. The number of hydrogen-bond donors (Lipinski definition) is 1. The van der Waals surface area contributed by atoms with Gasteiger partial charge in [-0.2, -0.15) is 0 Å². The third kappa shape index (κ3) is 3.50. The summed E-state index contributed by atoms with van der Waals surface area (Å²) in [5.41, 5.74) is 3.88. The molecule has 1 aromatic heterocycles. The first-order chi connectivity index (χ1) is 12.1. The molecule has 0 saturated heterocycles. The quantitative estimate of drug-likeness (QED) is 0.657. The van der Waals surface area contributed by atoms with E-state index in [0.29, 0.717) is 24.2 Å². The maximum atomic E-state index is 12.8. The maximum absolute atomic E-state index is 12.8. The highest BCUT2D eigenvalue weighted by Crippen LogP contribution is 2.42. The minimum absolute atomic E-state index is 0.113. The van der Waals surface area contributed by atoms with Gasteiger partial charge < -0.3 is 10.1 Å². The average Bonchev–Trinajstić information content (AvgIpc) is 2.61. The molecule has 1 N–H and O–H groups in total. The average molecular weight is 340 g/mol. The third-order valence-electron chi connectivity index (χ3n) is 4.77. The number of allylic oxidation sites excluding steroid dienone is 3. The Balaban J connectivity index is 2.02. The second-order valence-corrected chi connectivity index (χ2v) is 6.54. The van der Waals surface area contributed by atoms with Crippen molar-refractivity contribution in [1.82, 2.24) is 10.3 Å². The Bertz CT molecular complexity index is 735. The summed E-state index contributed by atoms with van der Waals surface area (Å²) >= 11 is 0. The van der Waals surface area contributed by atoms with E-state index in [1.165, 1.54) is 0 Å². The molecule has 5 nitrogen and oxygen atoms in total. The summed E-state index contributed by atoms with van der Waals surface area (Å²) in [6, 6.07) is 3.74. The molecule has 0 radical (unpaired) electrons. The van der Waals surface area contributed by atoms with Crippen molar-refractivity contribution in [2.24, 2.45) is 0 Å². The van der Waals surface area contributed by atoms with Crippen LogP contribution in [0.5, 0.6) is 0 Å². The molecule has 1 aliphatic carbocycles. The number of unbranched alkanes of at least 4 members (excludes halogenated alkanes) is 1. The number of hydrogen-bond acceptors (Lipinski definition) is 5. The number of rotatable bonds is 5. The predicted molar refractivity (Wildman–Crippen MR) is 94.6 cm³/mol. The van der Waals surface area contributed by atoms with Crippen molar-refractivity contribution in [3.05, 3.63) is 52.6 Å². The molecule has 1 atom stereocenters. The lowest BCUT2D eigenvalue weighted by atomic mass is 9.75. The highest BCUT2D eigenvalue weighted by atomic mass is 16.5. The molecule has 1 unspecified atom stereocenters. The predicted octanol–water partition coefficient (Wildman–Crippen LogP) is 3.39. The minimum atomic E-state index is -0.374. The topological polar surface area (TPSA) is 68.3 Å². The standard InChI is InChI=1S/C20H24N2O3/c1-3-4-12-25-20(24)17-13(2)22-15-6-5-7-16(23)19(15)18(17)14-8-10-21-11-9-14/h8-11,18,22H,3-7,12H2,1-2H3. The zero-order chi connectivity index (χ0) is 17.8. The molecule has 25 heavy (non-hydrogen) atoms. The van der Waals surface area contributed by atoms with Crippen LogP contribution in [0.15, 0.2) is 47.1 Å². The highest BCUT2D eigenvalue weighted by Gasteiger charge is 2.38. The van der Waals surface area contributed by atoms with Gasteiger partial charge in [0.15, 0.2) is 5.78 Å². The molecule has 3 rings (SSSR count). The van der Waals surface area contributed by atoms with Gasteiger partial charge in [0.25, 0.3) is 0 Å². The van der Waals surface area contributed by atoms with Crippen LogP contribution >= 0.6 is 0 Å². The van der Waals surface area contributed by atoms with Crippen molar-refractivity contribution in [3.63, 3.8) is 0 Å². The van der Waals surface area contributed by atoms with Gasteiger partial charge in [0, 0.05) is 41.7 Å². The van der Waals surface area contributed by atoms with Gasteiger partial charge in [-0.15, -0.1) is 0 Å². The SMILES string of the molecule is CCCCOC(=O)C1=C(C)NC2=C(C(=O)CCC2)C1c1ccncc1. The van der Waals surface area contributed by atoms with Crippen molar-refractivity contribution in [2.45, 2.75) is 51.9 Å². The van der Waals surface area contributed by atoms with Crippen LogP contribution in [0.4, 0.5) is 0 Å². The van der Waals surface area contributed by atoms with Gasteiger partial charge >= 0.3 is 5.97 Å². The molecule has 0 amide bonds. The van der Waals surface area contributed by atoms with Gasteiger partial charge in [-0.3, -0.25) is 9.78 Å². The lowest BCUT2D eigenvalue weighted by Gasteiger charge is -2.34. The van der Waals surface area contributed by atoms with E-state index in [9.17, 15) is 9.59 Å². The number of nitrogens with zero attached hydrogens (tertiary/aromatic N) is 1. The molecule has 0 fully saturated rings. The summed E-state index contributed by atoms with van der Waals surface area (Å²) in [6.45, 7) is 4.33. The Morgan fingerprint density at radius 2 is 2.08 bits per heavy atom. The minimum Gasteiger partial charge on any atom is -0.462 e. The van der Waals surface area contributed by atoms with Crippen LogP contribution in [0.1, 0.15) is 57.4 Å². The molecule has 0 saturated carbocycles. The largest absolute Gasteiger partial charge is 0.462 e. The Morgan fingerprint density at radius 3 is 2.80 bits per heavy atom. The molecule has 2 heterocycles. The second kappa shape index (κ2) is 7.64. The van der Waals surface area contributed by atoms with Crippen molar-refractivity contribution in [1.29, 1.82) is 0 Å². The number of ether oxygens (including phenoxy) is 1. The van der Waals surface area contributed by atoms with E-state index in [2.05, 4.69) is 17.2 Å². The molecule has 5 heteroatoms. The normalized spacial score (nSPS) is 20.2. The summed E-state index contributed by atoms with van der Waals surface area (Å²) in [5, 5.41) is 3.29. The molecular formula is C20H24N2O3. The van der Waals surface area contributed by atoms with Crippen LogP contribution in [0, 0.1) is 0 Å². The number of aromatic nitrogens is 1. The fourth-order valence-electron chi connectivity index (χ4n) is 3.53. The van der Waals surface area contributed by atoms with Crippen LogP contribution in [0.25, 0.3) is 0 Å². The van der Waals surface area contributed by atoms with Gasteiger partial charge in [0.1, 0.15) is 0 Å². The monoisotopic (exact) mass is 340 g/mol. The Hall–Kier alpha value is -2.43. The van der Waals surface area contributed by atoms with Crippen molar-refractivity contribution in [3.8, 4) is 0 Å². The molecule has 0 aromatic carbocycles. The molecule has 132 valence electrons. The van der Waals surface area contributed by atoms with Crippen molar-refractivity contribution >= 4 is 11.8 Å². The zero-order valence-corrected chi connectivity index (χ0v) is 14.8. The highest BCUT2D eigenvalue weighted by molar-refractivity contribution is 6.03. The fourth-order valence-corrected chi connectivity index (χ4v) is 3.53. The molecule has 1 aliphatic heterocycles. The first kappa shape index (κ1) is 17.4. The van der Waals surface area contributed by atoms with Crippen molar-refractivity contribution in [2.75, 3.05) is 6.61 Å². The number of carbonyl (C=O) groups is 2. The summed E-state index contributed by atoms with van der Waals surface area (Å²) in [6.07, 6.45) is 7.39. The van der Waals surface area contributed by atoms with E-state index in [-0.39, 0.29) is 17.7 Å². The van der Waals surface area contributed by atoms with Gasteiger partial charge in [-0.25, -0.2) is 4.79 Å². The van der Waals surface area contributed by atoms with Crippen LogP contribution < -0.4 is 5.32 Å². The summed E-state index contributed by atoms with van der Waals surface area (Å²) < 4.78 is 5.47. The number of dihydropyridines is 1. The molecule has 1 aromatic rings. The maximum Gasteiger partial charge on any atom is 0.336 e. The molecule has 2 aliphatic rings. The first-order valence-electron chi connectivity index (χ1n) is 8.94. The lowest BCUT2D eigenvalue weighted by Crippen LogP contribution is -2.34. The van der Waals surface area contributed by atoms with Crippen molar-refractivity contribution < 1.29 is 14.3 Å².